The molecule has 1 aromatic carbocycles. The first kappa shape index (κ1) is 17.8. The lowest BCUT2D eigenvalue weighted by Gasteiger charge is -2.05. The minimum Gasteiger partial charge on any atom is -0.325 e. The number of anilines is 1. The van der Waals surface area contributed by atoms with Crippen LogP contribution < -0.4 is 5.32 Å². The lowest BCUT2D eigenvalue weighted by atomic mass is 10.2. The van der Waals surface area contributed by atoms with Crippen LogP contribution in [0.3, 0.4) is 0 Å². The molecule has 0 bridgehead atoms. The molecule has 2 heterocycles. The summed E-state index contributed by atoms with van der Waals surface area (Å²) in [5, 5.41) is 7.89. The molecule has 0 aliphatic rings. The molecule has 2 aromatic heterocycles. The minimum atomic E-state index is -0.0841. The molecule has 3 aromatic rings. The molecule has 0 spiro atoms. The molecule has 25 heavy (non-hydrogen) atoms. The quantitative estimate of drug-likeness (QED) is 0.690. The smallest absolute Gasteiger partial charge is 0.253 e. The van der Waals surface area contributed by atoms with Crippen LogP contribution in [-0.2, 0) is 4.79 Å². The Bertz CT molecular complexity index is 938. The summed E-state index contributed by atoms with van der Waals surface area (Å²) in [5.41, 5.74) is 3.85. The Hall–Kier alpha value is -2.06. The molecule has 1 N–H and O–H groups in total. The minimum absolute atomic E-state index is 0.0841. The highest BCUT2D eigenvalue weighted by Gasteiger charge is 2.12. The third kappa shape index (κ3) is 3.96. The summed E-state index contributed by atoms with van der Waals surface area (Å²) in [5.74, 6) is 0.729. The van der Waals surface area contributed by atoms with Crippen molar-refractivity contribution in [2.45, 2.75) is 30.8 Å². The van der Waals surface area contributed by atoms with E-state index in [-0.39, 0.29) is 11.7 Å². The average Bonchev–Trinajstić information content (AvgIpc) is 3.01. The number of aryl methyl sites for hydroxylation is 2. The van der Waals surface area contributed by atoms with Crippen molar-refractivity contribution < 1.29 is 4.79 Å². The Morgan fingerprint density at radius 3 is 2.80 bits per heavy atom. The molecule has 0 fully saturated rings. The molecule has 8 heteroatoms. The fraction of sp³-hybridized carbons (Fsp3) is 0.294. The maximum atomic E-state index is 12.2. The number of benzene rings is 1. The second-order valence-electron chi connectivity index (χ2n) is 5.58. The Balaban J connectivity index is 1.67. The molecule has 0 saturated heterocycles. The van der Waals surface area contributed by atoms with Crippen molar-refractivity contribution in [2.24, 2.45) is 0 Å². The van der Waals surface area contributed by atoms with Gasteiger partial charge in [0.25, 0.3) is 5.78 Å². The highest BCUT2D eigenvalue weighted by atomic mass is 32.2. The van der Waals surface area contributed by atoms with E-state index >= 15 is 0 Å². The van der Waals surface area contributed by atoms with Crippen LogP contribution in [0.5, 0.6) is 0 Å². The number of fused-ring (bicyclic) bond motifs is 1. The fourth-order valence-corrected chi connectivity index (χ4v) is 3.40. The van der Waals surface area contributed by atoms with E-state index in [4.69, 9.17) is 0 Å². The van der Waals surface area contributed by atoms with Crippen LogP contribution in [-0.4, -0.2) is 37.5 Å². The van der Waals surface area contributed by atoms with Gasteiger partial charge in [-0.1, -0.05) is 17.8 Å². The second kappa shape index (κ2) is 7.45. The van der Waals surface area contributed by atoms with Gasteiger partial charge in [0, 0.05) is 22.0 Å². The number of amides is 1. The third-order valence-electron chi connectivity index (χ3n) is 3.93. The molecule has 0 radical (unpaired) electrons. The summed E-state index contributed by atoms with van der Waals surface area (Å²) in [7, 11) is 0. The van der Waals surface area contributed by atoms with E-state index < -0.39 is 0 Å². The molecule has 130 valence electrons. The van der Waals surface area contributed by atoms with Crippen molar-refractivity contribution in [1.82, 2.24) is 19.6 Å². The first-order valence-electron chi connectivity index (χ1n) is 7.75. The Morgan fingerprint density at radius 2 is 2.04 bits per heavy atom. The van der Waals surface area contributed by atoms with Crippen molar-refractivity contribution in [3.05, 3.63) is 41.2 Å². The van der Waals surface area contributed by atoms with E-state index in [2.05, 4.69) is 20.4 Å². The molecule has 6 nitrogen and oxygen atoms in total. The highest BCUT2D eigenvalue weighted by Crippen LogP contribution is 2.20. The molecular formula is C17H19N5OS2. The van der Waals surface area contributed by atoms with Crippen molar-refractivity contribution in [2.75, 3.05) is 17.3 Å². The Kier molecular flexibility index (Phi) is 5.29. The van der Waals surface area contributed by atoms with E-state index in [1.54, 1.807) is 16.3 Å². The van der Waals surface area contributed by atoms with Gasteiger partial charge in [0.15, 0.2) is 0 Å². The van der Waals surface area contributed by atoms with Gasteiger partial charge in [-0.05, 0) is 50.8 Å². The number of carbonyl (C=O) groups is 1. The summed E-state index contributed by atoms with van der Waals surface area (Å²) in [6.07, 6.45) is 2.01. The summed E-state index contributed by atoms with van der Waals surface area (Å²) in [6.45, 7) is 5.97. The van der Waals surface area contributed by atoms with Crippen LogP contribution in [0.2, 0.25) is 0 Å². The van der Waals surface area contributed by atoms with Gasteiger partial charge in [-0.25, -0.2) is 9.50 Å². The van der Waals surface area contributed by atoms with Crippen LogP contribution in [0.1, 0.15) is 17.0 Å². The van der Waals surface area contributed by atoms with Crippen molar-refractivity contribution >= 4 is 40.9 Å². The average molecular weight is 374 g/mol. The topological polar surface area (TPSA) is 72.2 Å². The van der Waals surface area contributed by atoms with Gasteiger partial charge >= 0.3 is 0 Å². The van der Waals surface area contributed by atoms with Gasteiger partial charge in [-0.2, -0.15) is 4.98 Å². The third-order valence-corrected chi connectivity index (χ3v) is 5.49. The maximum absolute atomic E-state index is 12.2. The largest absolute Gasteiger partial charge is 0.325 e. The van der Waals surface area contributed by atoms with E-state index in [9.17, 15) is 4.79 Å². The van der Waals surface area contributed by atoms with Crippen molar-refractivity contribution in [3.8, 4) is 0 Å². The number of rotatable bonds is 5. The van der Waals surface area contributed by atoms with Gasteiger partial charge in [0.2, 0.25) is 11.1 Å². The Morgan fingerprint density at radius 1 is 1.24 bits per heavy atom. The number of thioether (sulfide) groups is 2. The van der Waals surface area contributed by atoms with Crippen LogP contribution in [0.4, 0.5) is 5.69 Å². The number of nitrogens with zero attached hydrogens (tertiary/aromatic N) is 4. The monoisotopic (exact) mass is 373 g/mol. The van der Waals surface area contributed by atoms with Crippen LogP contribution in [0, 0.1) is 20.8 Å². The van der Waals surface area contributed by atoms with Gasteiger partial charge in [-0.3, -0.25) is 4.79 Å². The van der Waals surface area contributed by atoms with Crippen LogP contribution in [0.15, 0.2) is 34.3 Å². The summed E-state index contributed by atoms with van der Waals surface area (Å²) < 4.78 is 1.73. The first-order chi connectivity index (χ1) is 12.0. The molecule has 0 aliphatic carbocycles. The molecule has 0 unspecified atom stereocenters. The predicted molar refractivity (Wildman–Crippen MR) is 103 cm³/mol. The van der Waals surface area contributed by atoms with Crippen LogP contribution in [0.25, 0.3) is 5.78 Å². The van der Waals surface area contributed by atoms with Crippen molar-refractivity contribution in [1.29, 1.82) is 0 Å². The highest BCUT2D eigenvalue weighted by molar-refractivity contribution is 7.99. The summed E-state index contributed by atoms with van der Waals surface area (Å²) in [4.78, 5) is 22.1. The summed E-state index contributed by atoms with van der Waals surface area (Å²) >= 11 is 2.94. The lowest BCUT2D eigenvalue weighted by molar-refractivity contribution is -0.113. The van der Waals surface area contributed by atoms with Gasteiger partial charge in [0.1, 0.15) is 0 Å². The van der Waals surface area contributed by atoms with Gasteiger partial charge < -0.3 is 5.32 Å². The van der Waals surface area contributed by atoms with E-state index in [0.29, 0.717) is 10.9 Å². The van der Waals surface area contributed by atoms with Gasteiger partial charge in [0.05, 0.1) is 5.75 Å². The Labute approximate surface area is 154 Å². The number of carbonyl (C=O) groups excluding carboxylic acids is 1. The number of nitrogens with one attached hydrogen (secondary N) is 1. The molecular weight excluding hydrogens is 354 g/mol. The van der Waals surface area contributed by atoms with Crippen LogP contribution >= 0.6 is 23.5 Å². The maximum Gasteiger partial charge on any atom is 0.253 e. The molecule has 1 amide bonds. The van der Waals surface area contributed by atoms with Gasteiger partial charge in [-0.15, -0.1) is 16.9 Å². The standard InChI is InChI=1S/C17H19N5OS2/c1-10-11(2)18-16-20-17(21-22(16)12(10)3)25-9-15(23)19-13-6-5-7-14(8-13)24-4/h5-8H,9H2,1-4H3,(H,19,23). The first-order valence-corrected chi connectivity index (χ1v) is 9.96. The number of hydrogen-bond acceptors (Lipinski definition) is 6. The molecule has 3 rings (SSSR count). The van der Waals surface area contributed by atoms with Crippen molar-refractivity contribution in [3.63, 3.8) is 0 Å². The molecule has 0 atom stereocenters. The zero-order chi connectivity index (χ0) is 18.0. The molecule has 0 aliphatic heterocycles. The SMILES string of the molecule is CSc1cccc(NC(=O)CSc2nc3nc(C)c(C)c(C)n3n2)c1. The fourth-order valence-electron chi connectivity index (χ4n) is 2.33. The predicted octanol–water partition coefficient (Wildman–Crippen LogP) is 3.50. The van der Waals surface area contributed by atoms with E-state index in [1.807, 2.05) is 51.3 Å². The van der Waals surface area contributed by atoms with E-state index in [1.165, 1.54) is 11.8 Å². The summed E-state index contributed by atoms with van der Waals surface area (Å²) in [6, 6.07) is 7.77. The zero-order valence-corrected chi connectivity index (χ0v) is 16.2. The lowest BCUT2D eigenvalue weighted by Crippen LogP contribution is -2.14. The normalized spacial score (nSPS) is 11.0. The number of hydrogen-bond donors (Lipinski definition) is 1. The number of aromatic nitrogens is 4. The molecule has 0 saturated carbocycles. The zero-order valence-electron chi connectivity index (χ0n) is 14.5. The van der Waals surface area contributed by atoms with E-state index in [0.717, 1.165) is 27.5 Å². The second-order valence-corrected chi connectivity index (χ2v) is 7.40.